The maximum atomic E-state index is 12.0. The summed E-state index contributed by atoms with van der Waals surface area (Å²) in [6.07, 6.45) is 6.49. The van der Waals surface area contributed by atoms with Crippen molar-refractivity contribution >= 4 is 11.9 Å². The Morgan fingerprint density at radius 3 is 2.41 bits per heavy atom. The summed E-state index contributed by atoms with van der Waals surface area (Å²) in [5.41, 5.74) is 1.12. The molecule has 0 aromatic heterocycles. The van der Waals surface area contributed by atoms with Gasteiger partial charge in [0.05, 0.1) is 12.7 Å². The van der Waals surface area contributed by atoms with Crippen LogP contribution < -0.4 is 4.74 Å². The minimum Gasteiger partial charge on any atom is -0.508 e. The Bertz CT molecular complexity index is 712. The van der Waals surface area contributed by atoms with Gasteiger partial charge in [-0.1, -0.05) is 30.4 Å². The van der Waals surface area contributed by atoms with E-state index in [1.54, 1.807) is 48.6 Å². The standard InChI is InChI=1S/C18H16O4/c1-22-15-10-11-16(18(21)12-15)17(20)5-3-2-4-13-6-8-14(19)9-7-13/h2-12,19,21H,1H3/b4-2+,5-3+. The number of carbonyl (C=O) groups excluding carboxylic acids is 1. The third kappa shape index (κ3) is 3.99. The second-order valence-electron chi connectivity index (χ2n) is 4.56. The van der Waals surface area contributed by atoms with Gasteiger partial charge in [-0.25, -0.2) is 0 Å². The molecule has 2 aromatic carbocycles. The molecule has 0 saturated heterocycles. The van der Waals surface area contributed by atoms with Gasteiger partial charge in [0.1, 0.15) is 17.2 Å². The molecule has 0 fully saturated rings. The van der Waals surface area contributed by atoms with Crippen LogP contribution >= 0.6 is 0 Å². The monoisotopic (exact) mass is 296 g/mol. The average Bonchev–Trinajstić information content (AvgIpc) is 2.52. The molecule has 22 heavy (non-hydrogen) atoms. The van der Waals surface area contributed by atoms with E-state index in [0.29, 0.717) is 5.75 Å². The highest BCUT2D eigenvalue weighted by molar-refractivity contribution is 6.06. The van der Waals surface area contributed by atoms with Crippen molar-refractivity contribution in [3.63, 3.8) is 0 Å². The van der Waals surface area contributed by atoms with Gasteiger partial charge in [-0.2, -0.15) is 0 Å². The summed E-state index contributed by atoms with van der Waals surface area (Å²) < 4.78 is 4.97. The summed E-state index contributed by atoms with van der Waals surface area (Å²) in [4.78, 5) is 12.0. The number of methoxy groups -OCH3 is 1. The molecule has 0 amide bonds. The number of ether oxygens (including phenoxy) is 1. The zero-order valence-electron chi connectivity index (χ0n) is 12.1. The molecule has 0 aliphatic carbocycles. The van der Waals surface area contributed by atoms with E-state index in [0.717, 1.165) is 5.56 Å². The SMILES string of the molecule is COc1ccc(C(=O)/C=C/C=C/c2ccc(O)cc2)c(O)c1. The highest BCUT2D eigenvalue weighted by Gasteiger charge is 2.08. The fourth-order valence-electron chi connectivity index (χ4n) is 1.83. The van der Waals surface area contributed by atoms with E-state index in [-0.39, 0.29) is 22.8 Å². The first kappa shape index (κ1) is 15.4. The van der Waals surface area contributed by atoms with Crippen LogP contribution in [0.3, 0.4) is 0 Å². The number of aromatic hydroxyl groups is 2. The molecule has 0 aliphatic rings. The largest absolute Gasteiger partial charge is 0.508 e. The molecular weight excluding hydrogens is 280 g/mol. The van der Waals surface area contributed by atoms with E-state index in [1.807, 2.05) is 0 Å². The van der Waals surface area contributed by atoms with Gasteiger partial charge in [-0.3, -0.25) is 4.79 Å². The predicted molar refractivity (Wildman–Crippen MR) is 85.3 cm³/mol. The second-order valence-corrected chi connectivity index (χ2v) is 4.56. The summed E-state index contributed by atoms with van der Waals surface area (Å²) in [5.74, 6) is 0.287. The van der Waals surface area contributed by atoms with E-state index in [4.69, 9.17) is 4.74 Å². The van der Waals surface area contributed by atoms with Crippen LogP contribution in [0.15, 0.2) is 60.7 Å². The van der Waals surface area contributed by atoms with Crippen molar-refractivity contribution < 1.29 is 19.7 Å². The minimum absolute atomic E-state index is 0.114. The Labute approximate surface area is 128 Å². The van der Waals surface area contributed by atoms with E-state index in [9.17, 15) is 15.0 Å². The molecule has 112 valence electrons. The van der Waals surface area contributed by atoms with E-state index < -0.39 is 0 Å². The molecule has 2 N–H and O–H groups in total. The Balaban J connectivity index is 2.03. The quantitative estimate of drug-likeness (QED) is 0.503. The topological polar surface area (TPSA) is 66.8 Å². The lowest BCUT2D eigenvalue weighted by Crippen LogP contribution is -1.95. The first-order valence-corrected chi connectivity index (χ1v) is 6.65. The number of hydrogen-bond acceptors (Lipinski definition) is 4. The number of rotatable bonds is 5. The maximum Gasteiger partial charge on any atom is 0.189 e. The molecule has 0 atom stereocenters. The lowest BCUT2D eigenvalue weighted by atomic mass is 10.1. The van der Waals surface area contributed by atoms with Crippen molar-refractivity contribution in [3.05, 3.63) is 71.8 Å². The fourth-order valence-corrected chi connectivity index (χ4v) is 1.83. The first-order chi connectivity index (χ1) is 10.6. The van der Waals surface area contributed by atoms with E-state index >= 15 is 0 Å². The van der Waals surface area contributed by atoms with Gasteiger partial charge in [0.15, 0.2) is 5.78 Å². The average molecular weight is 296 g/mol. The van der Waals surface area contributed by atoms with Crippen LogP contribution in [-0.4, -0.2) is 23.1 Å². The van der Waals surface area contributed by atoms with Gasteiger partial charge in [-0.05, 0) is 35.9 Å². The number of phenols is 2. The van der Waals surface area contributed by atoms with Gasteiger partial charge < -0.3 is 14.9 Å². The Morgan fingerprint density at radius 1 is 1.05 bits per heavy atom. The Kier molecular flexibility index (Phi) is 4.98. The zero-order chi connectivity index (χ0) is 15.9. The van der Waals surface area contributed by atoms with Crippen molar-refractivity contribution in [2.45, 2.75) is 0 Å². The zero-order valence-corrected chi connectivity index (χ0v) is 12.1. The highest BCUT2D eigenvalue weighted by Crippen LogP contribution is 2.23. The van der Waals surface area contributed by atoms with Crippen molar-refractivity contribution in [2.75, 3.05) is 7.11 Å². The van der Waals surface area contributed by atoms with Gasteiger partial charge in [-0.15, -0.1) is 0 Å². The van der Waals surface area contributed by atoms with Gasteiger partial charge in [0, 0.05) is 6.07 Å². The maximum absolute atomic E-state index is 12.0. The van der Waals surface area contributed by atoms with Crippen molar-refractivity contribution in [1.82, 2.24) is 0 Å². The molecule has 0 heterocycles. The predicted octanol–water partition coefficient (Wildman–Crippen LogP) is 3.56. The number of allylic oxidation sites excluding steroid dienone is 3. The van der Waals surface area contributed by atoms with Gasteiger partial charge >= 0.3 is 0 Å². The molecule has 4 heteroatoms. The van der Waals surface area contributed by atoms with Crippen molar-refractivity contribution in [3.8, 4) is 17.2 Å². The Hall–Kier alpha value is -3.01. The van der Waals surface area contributed by atoms with Crippen LogP contribution in [0, 0.1) is 0 Å². The van der Waals surface area contributed by atoms with E-state index in [2.05, 4.69) is 0 Å². The smallest absolute Gasteiger partial charge is 0.189 e. The van der Waals surface area contributed by atoms with E-state index in [1.165, 1.54) is 25.3 Å². The molecule has 0 aliphatic heterocycles. The second kappa shape index (κ2) is 7.13. The lowest BCUT2D eigenvalue weighted by molar-refractivity contribution is 0.104. The number of hydrogen-bond donors (Lipinski definition) is 2. The third-order valence-corrected chi connectivity index (χ3v) is 3.01. The van der Waals surface area contributed by atoms with Crippen LogP contribution in [0.1, 0.15) is 15.9 Å². The van der Waals surface area contributed by atoms with Crippen LogP contribution in [0.2, 0.25) is 0 Å². The van der Waals surface area contributed by atoms with Crippen molar-refractivity contribution in [2.24, 2.45) is 0 Å². The summed E-state index contributed by atoms with van der Waals surface area (Å²) in [6, 6.07) is 11.2. The molecule has 0 spiro atoms. The van der Waals surface area contributed by atoms with Gasteiger partial charge in [0.2, 0.25) is 0 Å². The minimum atomic E-state index is -0.296. The lowest BCUT2D eigenvalue weighted by Gasteiger charge is -2.03. The molecular formula is C18H16O4. The Morgan fingerprint density at radius 2 is 1.77 bits per heavy atom. The third-order valence-electron chi connectivity index (χ3n) is 3.01. The molecule has 0 saturated carbocycles. The number of phenolic OH excluding ortho intramolecular Hbond substituents is 2. The summed E-state index contributed by atoms with van der Waals surface area (Å²) >= 11 is 0. The van der Waals surface area contributed by atoms with Crippen LogP contribution in [-0.2, 0) is 0 Å². The number of benzene rings is 2. The van der Waals surface area contributed by atoms with Crippen molar-refractivity contribution in [1.29, 1.82) is 0 Å². The van der Waals surface area contributed by atoms with Crippen LogP contribution in [0.25, 0.3) is 6.08 Å². The summed E-state index contributed by atoms with van der Waals surface area (Å²) in [6.45, 7) is 0. The van der Waals surface area contributed by atoms with Gasteiger partial charge in [0.25, 0.3) is 0 Å². The van der Waals surface area contributed by atoms with Crippen LogP contribution in [0.4, 0.5) is 0 Å². The highest BCUT2D eigenvalue weighted by atomic mass is 16.5. The first-order valence-electron chi connectivity index (χ1n) is 6.65. The number of ketones is 1. The molecule has 0 unspecified atom stereocenters. The molecule has 2 rings (SSSR count). The summed E-state index contributed by atoms with van der Waals surface area (Å²) in [7, 11) is 1.49. The normalized spacial score (nSPS) is 11.1. The fraction of sp³-hybridized carbons (Fsp3) is 0.0556. The van der Waals surface area contributed by atoms with Crippen LogP contribution in [0.5, 0.6) is 17.2 Å². The molecule has 0 radical (unpaired) electrons. The molecule has 2 aromatic rings. The summed E-state index contributed by atoms with van der Waals surface area (Å²) in [5, 5.41) is 19.0. The number of carbonyl (C=O) groups is 1. The molecule has 4 nitrogen and oxygen atoms in total. The molecule has 0 bridgehead atoms.